The second-order valence-corrected chi connectivity index (χ2v) is 8.87. The molecule has 0 bridgehead atoms. The first-order chi connectivity index (χ1) is 13.4. The largest absolute Gasteiger partial charge is 0.349 e. The van der Waals surface area contributed by atoms with E-state index in [0.717, 1.165) is 43.6 Å². The number of aryl methyl sites for hydroxylation is 2. The predicted octanol–water partition coefficient (Wildman–Crippen LogP) is 3.50. The van der Waals surface area contributed by atoms with E-state index in [1.54, 1.807) is 4.68 Å². The molecule has 1 aliphatic heterocycles. The first-order valence-corrected chi connectivity index (χ1v) is 11.0. The first-order valence-electron chi connectivity index (χ1n) is 11.0. The van der Waals surface area contributed by atoms with E-state index in [2.05, 4.69) is 10.4 Å². The van der Waals surface area contributed by atoms with Crippen molar-refractivity contribution in [3.05, 3.63) is 17.5 Å². The van der Waals surface area contributed by atoms with Crippen molar-refractivity contribution in [1.82, 2.24) is 20.0 Å². The third kappa shape index (κ3) is 5.58. The number of rotatable bonds is 6. The van der Waals surface area contributed by atoms with Gasteiger partial charge in [-0.25, -0.2) is 0 Å². The van der Waals surface area contributed by atoms with Gasteiger partial charge in [-0.05, 0) is 51.4 Å². The van der Waals surface area contributed by atoms with Crippen LogP contribution in [0.15, 0.2) is 6.20 Å². The molecule has 1 saturated heterocycles. The quantitative estimate of drug-likeness (QED) is 0.811. The summed E-state index contributed by atoms with van der Waals surface area (Å²) in [6.45, 7) is 5.59. The highest BCUT2D eigenvalue weighted by Gasteiger charge is 2.27. The molecule has 0 aromatic carbocycles. The van der Waals surface area contributed by atoms with Gasteiger partial charge < -0.3 is 10.2 Å². The zero-order valence-corrected chi connectivity index (χ0v) is 17.7. The van der Waals surface area contributed by atoms with Gasteiger partial charge in [-0.1, -0.05) is 19.3 Å². The van der Waals surface area contributed by atoms with Crippen LogP contribution in [0.4, 0.5) is 0 Å². The van der Waals surface area contributed by atoms with Crippen molar-refractivity contribution in [3.63, 3.8) is 0 Å². The minimum atomic E-state index is -0.0293. The van der Waals surface area contributed by atoms with E-state index >= 15 is 0 Å². The maximum atomic E-state index is 12.6. The van der Waals surface area contributed by atoms with Gasteiger partial charge in [-0.2, -0.15) is 5.10 Å². The first kappa shape index (κ1) is 20.9. The summed E-state index contributed by atoms with van der Waals surface area (Å²) in [7, 11) is 1.90. The lowest BCUT2D eigenvalue weighted by Crippen LogP contribution is -2.40. The molecular weight excluding hydrogens is 352 g/mol. The fraction of sp³-hybridized carbons (Fsp3) is 0.773. The lowest BCUT2D eigenvalue weighted by atomic mass is 9.86. The maximum absolute atomic E-state index is 12.6. The molecule has 1 aromatic rings. The van der Waals surface area contributed by atoms with Crippen molar-refractivity contribution in [2.45, 2.75) is 77.7 Å². The van der Waals surface area contributed by atoms with Crippen LogP contribution in [-0.2, 0) is 16.6 Å². The Morgan fingerprint density at radius 2 is 1.75 bits per heavy atom. The molecule has 1 saturated carbocycles. The number of nitrogens with one attached hydrogen (secondary N) is 1. The molecule has 6 heteroatoms. The Morgan fingerprint density at radius 1 is 1.11 bits per heavy atom. The van der Waals surface area contributed by atoms with Crippen LogP contribution in [0.2, 0.25) is 0 Å². The Bertz CT molecular complexity index is 670. The summed E-state index contributed by atoms with van der Waals surface area (Å²) in [6, 6.07) is -0.0293. The number of aromatic nitrogens is 2. The molecule has 0 spiro atoms. The number of nitrogens with zero attached hydrogens (tertiary/aromatic N) is 3. The molecule has 3 rings (SSSR count). The lowest BCUT2D eigenvalue weighted by molar-refractivity contribution is -0.134. The monoisotopic (exact) mass is 388 g/mol. The summed E-state index contributed by atoms with van der Waals surface area (Å²) < 4.78 is 1.79. The SMILES string of the molecule is Cc1nn(C)cc1[C@H](C)NC(=O)CC1CCN(C(=O)CC2CCCCC2)CC1. The zero-order chi connectivity index (χ0) is 20.1. The van der Waals surface area contributed by atoms with Gasteiger partial charge in [0.1, 0.15) is 0 Å². The van der Waals surface area contributed by atoms with Crippen molar-refractivity contribution in [3.8, 4) is 0 Å². The van der Waals surface area contributed by atoms with Crippen LogP contribution in [0.5, 0.6) is 0 Å². The summed E-state index contributed by atoms with van der Waals surface area (Å²) in [5.41, 5.74) is 2.03. The third-order valence-corrected chi connectivity index (χ3v) is 6.52. The molecule has 156 valence electrons. The van der Waals surface area contributed by atoms with E-state index in [-0.39, 0.29) is 11.9 Å². The highest BCUT2D eigenvalue weighted by atomic mass is 16.2. The number of carbonyl (C=O) groups is 2. The highest BCUT2D eigenvalue weighted by Crippen LogP contribution is 2.28. The minimum Gasteiger partial charge on any atom is -0.349 e. The van der Waals surface area contributed by atoms with Crippen LogP contribution in [0, 0.1) is 18.8 Å². The molecule has 0 unspecified atom stereocenters. The molecular formula is C22H36N4O2. The van der Waals surface area contributed by atoms with E-state index in [1.807, 2.05) is 32.0 Å². The highest BCUT2D eigenvalue weighted by molar-refractivity contribution is 5.77. The average molecular weight is 389 g/mol. The Labute approximate surface area is 169 Å². The van der Waals surface area contributed by atoms with Crippen LogP contribution < -0.4 is 5.32 Å². The standard InChI is InChI=1S/C22H36N4O2/c1-16(20-15-25(3)24-17(20)2)23-21(27)13-19-9-11-26(12-10-19)22(28)14-18-7-5-4-6-8-18/h15-16,18-19H,4-14H2,1-3H3,(H,23,27)/t16-/m0/s1. The van der Waals surface area contributed by atoms with Gasteiger partial charge in [0.15, 0.2) is 0 Å². The number of hydrogen-bond donors (Lipinski definition) is 1. The number of piperidine rings is 1. The van der Waals surface area contributed by atoms with E-state index < -0.39 is 0 Å². The van der Waals surface area contributed by atoms with Gasteiger partial charge in [-0.15, -0.1) is 0 Å². The van der Waals surface area contributed by atoms with Crippen LogP contribution >= 0.6 is 0 Å². The molecule has 28 heavy (non-hydrogen) atoms. The van der Waals surface area contributed by atoms with E-state index in [1.165, 1.54) is 32.1 Å². The van der Waals surface area contributed by atoms with E-state index in [4.69, 9.17) is 0 Å². The van der Waals surface area contributed by atoms with Gasteiger partial charge in [0, 0.05) is 44.7 Å². The Morgan fingerprint density at radius 3 is 2.36 bits per heavy atom. The zero-order valence-electron chi connectivity index (χ0n) is 17.7. The van der Waals surface area contributed by atoms with Crippen molar-refractivity contribution < 1.29 is 9.59 Å². The number of carbonyl (C=O) groups excluding carboxylic acids is 2. The maximum Gasteiger partial charge on any atom is 0.222 e. The van der Waals surface area contributed by atoms with Crippen LogP contribution in [0.25, 0.3) is 0 Å². The minimum absolute atomic E-state index is 0.0293. The van der Waals surface area contributed by atoms with Gasteiger partial charge >= 0.3 is 0 Å². The third-order valence-electron chi connectivity index (χ3n) is 6.52. The Hall–Kier alpha value is -1.85. The second-order valence-electron chi connectivity index (χ2n) is 8.87. The van der Waals surface area contributed by atoms with Crippen LogP contribution in [-0.4, -0.2) is 39.6 Å². The van der Waals surface area contributed by atoms with Gasteiger partial charge in [0.25, 0.3) is 0 Å². The Balaban J connectivity index is 1.39. The van der Waals surface area contributed by atoms with Crippen LogP contribution in [0.1, 0.15) is 82.0 Å². The topological polar surface area (TPSA) is 67.2 Å². The Kier molecular flexibility index (Phi) is 7.13. The van der Waals surface area contributed by atoms with Crippen molar-refractivity contribution in [1.29, 1.82) is 0 Å². The number of likely N-dealkylation sites (tertiary alicyclic amines) is 1. The van der Waals surface area contributed by atoms with Gasteiger partial charge in [-0.3, -0.25) is 14.3 Å². The van der Waals surface area contributed by atoms with Crippen molar-refractivity contribution in [2.75, 3.05) is 13.1 Å². The van der Waals surface area contributed by atoms with Gasteiger partial charge in [0.05, 0.1) is 11.7 Å². The van der Waals surface area contributed by atoms with E-state index in [0.29, 0.717) is 24.2 Å². The summed E-state index contributed by atoms with van der Waals surface area (Å²) in [4.78, 5) is 27.1. The molecule has 2 aliphatic rings. The second kappa shape index (κ2) is 9.57. The summed E-state index contributed by atoms with van der Waals surface area (Å²) in [5, 5.41) is 7.46. The summed E-state index contributed by atoms with van der Waals surface area (Å²) in [5.74, 6) is 1.40. The molecule has 1 aromatic heterocycles. The van der Waals surface area contributed by atoms with E-state index in [9.17, 15) is 9.59 Å². The molecule has 2 heterocycles. The van der Waals surface area contributed by atoms with Crippen molar-refractivity contribution in [2.24, 2.45) is 18.9 Å². The summed E-state index contributed by atoms with van der Waals surface area (Å²) >= 11 is 0. The van der Waals surface area contributed by atoms with Crippen molar-refractivity contribution >= 4 is 11.8 Å². The molecule has 1 aliphatic carbocycles. The molecule has 1 atom stereocenters. The molecule has 0 radical (unpaired) electrons. The smallest absolute Gasteiger partial charge is 0.222 e. The lowest BCUT2D eigenvalue weighted by Gasteiger charge is -2.33. The number of hydrogen-bond acceptors (Lipinski definition) is 3. The van der Waals surface area contributed by atoms with Gasteiger partial charge in [0.2, 0.25) is 11.8 Å². The predicted molar refractivity (Wildman–Crippen MR) is 110 cm³/mol. The molecule has 6 nitrogen and oxygen atoms in total. The average Bonchev–Trinajstić information content (AvgIpc) is 3.01. The molecule has 1 N–H and O–H groups in total. The normalized spacial score (nSPS) is 20.2. The number of amides is 2. The molecule has 2 amide bonds. The fourth-order valence-electron chi connectivity index (χ4n) is 4.84. The molecule has 2 fully saturated rings. The summed E-state index contributed by atoms with van der Waals surface area (Å²) in [6.07, 6.45) is 11.5. The van der Waals surface area contributed by atoms with Crippen LogP contribution in [0.3, 0.4) is 0 Å². The fourth-order valence-corrected chi connectivity index (χ4v) is 4.84.